The third-order valence-electron chi connectivity index (χ3n) is 1.59. The maximum atomic E-state index is 2.33. The Hall–Kier alpha value is -0.260. The molecule has 1 rings (SSSR count). The minimum atomic E-state index is 1.32. The second-order valence-electron chi connectivity index (χ2n) is 2.52. The summed E-state index contributed by atoms with van der Waals surface area (Å²) >= 11 is 0. The van der Waals surface area contributed by atoms with Crippen LogP contribution in [0.15, 0.2) is 11.6 Å². The summed E-state index contributed by atoms with van der Waals surface area (Å²) in [6, 6.07) is 0. The van der Waals surface area contributed by atoms with E-state index in [-0.39, 0.29) is 0 Å². The fraction of sp³-hybridized carbons (Fsp3) is 0.750. The molecule has 0 aliphatic heterocycles. The van der Waals surface area contributed by atoms with Gasteiger partial charge in [0.25, 0.3) is 0 Å². The van der Waals surface area contributed by atoms with Crippen molar-refractivity contribution in [2.75, 3.05) is 0 Å². The lowest BCUT2D eigenvalue weighted by Crippen LogP contribution is -1.70. The molecule has 0 fully saturated rings. The van der Waals surface area contributed by atoms with Crippen LogP contribution in [-0.2, 0) is 0 Å². The summed E-state index contributed by atoms with van der Waals surface area (Å²) in [5.41, 5.74) is 1.69. The molecule has 0 heterocycles. The lowest BCUT2D eigenvalue weighted by atomic mass is 10.2. The van der Waals surface area contributed by atoms with Gasteiger partial charge < -0.3 is 0 Å². The van der Waals surface area contributed by atoms with Gasteiger partial charge in [-0.05, 0) is 19.3 Å². The van der Waals surface area contributed by atoms with Crippen LogP contribution in [0.1, 0.15) is 39.0 Å². The zero-order valence-electron chi connectivity index (χ0n) is 5.61. The monoisotopic (exact) mass is 110 g/mol. The molecular formula is C8H14. The van der Waals surface area contributed by atoms with E-state index in [1.54, 1.807) is 5.57 Å². The molecule has 0 amide bonds. The Morgan fingerprint density at radius 1 is 1.50 bits per heavy atom. The molecule has 46 valence electrons. The van der Waals surface area contributed by atoms with Crippen molar-refractivity contribution in [3.05, 3.63) is 11.6 Å². The molecule has 0 aromatic rings. The van der Waals surface area contributed by atoms with Gasteiger partial charge in [0, 0.05) is 0 Å². The maximum Gasteiger partial charge on any atom is -0.0136 e. The van der Waals surface area contributed by atoms with Gasteiger partial charge in [0.2, 0.25) is 0 Å². The minimum absolute atomic E-state index is 1.32. The van der Waals surface area contributed by atoms with Gasteiger partial charge in [-0.25, -0.2) is 0 Å². The smallest absolute Gasteiger partial charge is 0.0136 e. The molecule has 0 N–H and O–H groups in total. The maximum absolute atomic E-state index is 2.33. The van der Waals surface area contributed by atoms with Crippen molar-refractivity contribution in [3.8, 4) is 0 Å². The quantitative estimate of drug-likeness (QED) is 0.385. The molecule has 0 atom stereocenters. The highest BCUT2D eigenvalue weighted by atomic mass is 14.1. The van der Waals surface area contributed by atoms with Gasteiger partial charge in [-0.3, -0.25) is 0 Å². The Morgan fingerprint density at radius 3 is 2.75 bits per heavy atom. The van der Waals surface area contributed by atoms with Crippen molar-refractivity contribution in [1.29, 1.82) is 0 Å². The van der Waals surface area contributed by atoms with Gasteiger partial charge in [0.1, 0.15) is 0 Å². The van der Waals surface area contributed by atoms with E-state index in [0.29, 0.717) is 0 Å². The van der Waals surface area contributed by atoms with Crippen LogP contribution >= 0.6 is 0 Å². The molecule has 0 saturated heterocycles. The highest BCUT2D eigenvalue weighted by Gasteiger charge is 2.04. The number of allylic oxidation sites excluding steroid dienone is 2. The van der Waals surface area contributed by atoms with Gasteiger partial charge in [-0.1, -0.05) is 31.4 Å². The van der Waals surface area contributed by atoms with E-state index in [1.807, 2.05) is 0 Å². The molecule has 0 aromatic heterocycles. The summed E-state index contributed by atoms with van der Waals surface area (Å²) in [5, 5.41) is 0. The summed E-state index contributed by atoms with van der Waals surface area (Å²) in [5.74, 6) is 0. The van der Waals surface area contributed by atoms with Crippen molar-refractivity contribution >= 4 is 0 Å². The predicted molar refractivity (Wildman–Crippen MR) is 36.8 cm³/mol. The van der Waals surface area contributed by atoms with Gasteiger partial charge in [-0.2, -0.15) is 0 Å². The topological polar surface area (TPSA) is 0 Å². The van der Waals surface area contributed by atoms with Crippen LogP contribution in [0.5, 0.6) is 0 Å². The molecule has 0 heteroatoms. The first-order valence-electron chi connectivity index (χ1n) is 3.61. The van der Waals surface area contributed by atoms with Gasteiger partial charge in [0.15, 0.2) is 0 Å². The first-order valence-corrected chi connectivity index (χ1v) is 3.61. The van der Waals surface area contributed by atoms with E-state index < -0.39 is 0 Å². The van der Waals surface area contributed by atoms with E-state index in [1.165, 1.54) is 32.1 Å². The zero-order chi connectivity index (χ0) is 5.82. The fourth-order valence-electron chi connectivity index (χ4n) is 0.878. The van der Waals surface area contributed by atoms with Crippen LogP contribution in [0.3, 0.4) is 0 Å². The second-order valence-corrected chi connectivity index (χ2v) is 2.52. The molecule has 1 aliphatic rings. The van der Waals surface area contributed by atoms with Gasteiger partial charge >= 0.3 is 0 Å². The largest absolute Gasteiger partial charge is 0.0810 e. The summed E-state index contributed by atoms with van der Waals surface area (Å²) in [4.78, 5) is 0. The molecule has 8 heavy (non-hydrogen) atoms. The Balaban J connectivity index is 1.81. The average molecular weight is 110 g/mol. The average Bonchev–Trinajstić information content (AvgIpc) is 2.51. The third kappa shape index (κ3) is 2.15. The van der Waals surface area contributed by atoms with Crippen LogP contribution < -0.4 is 0 Å². The van der Waals surface area contributed by atoms with Crippen molar-refractivity contribution in [2.24, 2.45) is 0 Å². The highest BCUT2D eigenvalue weighted by molar-refractivity contribution is 5.21. The van der Waals surface area contributed by atoms with Crippen molar-refractivity contribution in [2.45, 2.75) is 39.0 Å². The van der Waals surface area contributed by atoms with E-state index in [9.17, 15) is 0 Å². The normalized spacial score (nSPS) is 15.9. The summed E-state index contributed by atoms with van der Waals surface area (Å²) in [6.45, 7) is 2.25. The molecule has 1 aliphatic carbocycles. The van der Waals surface area contributed by atoms with Gasteiger partial charge in [-0.15, -0.1) is 0 Å². The van der Waals surface area contributed by atoms with E-state index in [2.05, 4.69) is 13.0 Å². The lowest BCUT2D eigenvalue weighted by molar-refractivity contribution is 0.720. The number of hydrogen-bond donors (Lipinski definition) is 0. The Morgan fingerprint density at radius 2 is 2.25 bits per heavy atom. The molecule has 0 radical (unpaired) electrons. The standard InChI is InChI=1S/C8H14/c1-2-3-4-5-8-6-7-8/h6H,2-5,7H2,1H3. The van der Waals surface area contributed by atoms with E-state index in [0.717, 1.165) is 0 Å². The number of unbranched alkanes of at least 4 members (excludes halogenated alkanes) is 2. The van der Waals surface area contributed by atoms with Crippen LogP contribution in [0.4, 0.5) is 0 Å². The van der Waals surface area contributed by atoms with Gasteiger partial charge in [0.05, 0.1) is 0 Å². The summed E-state index contributed by atoms with van der Waals surface area (Å²) < 4.78 is 0. The first-order chi connectivity index (χ1) is 3.93. The molecular weight excluding hydrogens is 96.1 g/mol. The minimum Gasteiger partial charge on any atom is -0.0810 e. The molecule has 0 unspecified atom stereocenters. The van der Waals surface area contributed by atoms with E-state index in [4.69, 9.17) is 0 Å². The Kier molecular flexibility index (Phi) is 2.13. The Labute approximate surface area is 51.6 Å². The SMILES string of the molecule is CCCCCC1=CC1. The number of rotatable bonds is 4. The predicted octanol–water partition coefficient (Wildman–Crippen LogP) is 2.90. The zero-order valence-corrected chi connectivity index (χ0v) is 5.61. The summed E-state index contributed by atoms with van der Waals surface area (Å²) in [6.07, 6.45) is 9.22. The van der Waals surface area contributed by atoms with Crippen molar-refractivity contribution in [3.63, 3.8) is 0 Å². The van der Waals surface area contributed by atoms with Crippen LogP contribution in [-0.4, -0.2) is 0 Å². The second kappa shape index (κ2) is 2.91. The van der Waals surface area contributed by atoms with Crippen molar-refractivity contribution < 1.29 is 0 Å². The molecule has 0 nitrogen and oxygen atoms in total. The van der Waals surface area contributed by atoms with Crippen LogP contribution in [0.25, 0.3) is 0 Å². The Bertz CT molecular complexity index is 90.2. The van der Waals surface area contributed by atoms with E-state index >= 15 is 0 Å². The molecule has 0 spiro atoms. The first kappa shape index (κ1) is 5.87. The fourth-order valence-corrected chi connectivity index (χ4v) is 0.878. The highest BCUT2D eigenvalue weighted by Crippen LogP contribution is 2.24. The van der Waals surface area contributed by atoms with Crippen molar-refractivity contribution in [1.82, 2.24) is 0 Å². The molecule has 0 bridgehead atoms. The number of hydrogen-bond acceptors (Lipinski definition) is 0. The third-order valence-corrected chi connectivity index (χ3v) is 1.59. The molecule has 0 saturated carbocycles. The molecule has 0 aromatic carbocycles. The van der Waals surface area contributed by atoms with Crippen LogP contribution in [0.2, 0.25) is 0 Å². The summed E-state index contributed by atoms with van der Waals surface area (Å²) in [7, 11) is 0. The van der Waals surface area contributed by atoms with Crippen LogP contribution in [0, 0.1) is 0 Å². The lowest BCUT2D eigenvalue weighted by Gasteiger charge is -1.90.